The normalized spacial score (nSPS) is 19.6. The van der Waals surface area contributed by atoms with Crippen LogP contribution in [0.15, 0.2) is 47.5 Å². The molecule has 0 aliphatic carbocycles. The quantitative estimate of drug-likeness (QED) is 0.454. The standard InChI is InChI=1S/C22H26FN3O3S/c1-13(27)24-12-20-17-9-14(18-11-25-19-10-15(23)6-7-16(18)19)5-8-21(17)30(28,29)26(20)22(2,3)4/h5-11,20,25,28-29H,12H2,1-4H3,(H,24,27). The summed E-state index contributed by atoms with van der Waals surface area (Å²) in [6.07, 6.45) is 1.82. The lowest BCUT2D eigenvalue weighted by molar-refractivity contribution is -0.119. The first kappa shape index (κ1) is 20.9. The Morgan fingerprint density at radius 2 is 1.97 bits per heavy atom. The summed E-state index contributed by atoms with van der Waals surface area (Å²) in [6.45, 7) is 7.46. The van der Waals surface area contributed by atoms with Crippen molar-refractivity contribution in [3.63, 3.8) is 0 Å². The summed E-state index contributed by atoms with van der Waals surface area (Å²) in [4.78, 5) is 15.1. The minimum Gasteiger partial charge on any atom is -0.360 e. The highest BCUT2D eigenvalue weighted by atomic mass is 32.3. The molecule has 0 bridgehead atoms. The van der Waals surface area contributed by atoms with E-state index in [-0.39, 0.29) is 18.3 Å². The van der Waals surface area contributed by atoms with E-state index in [2.05, 4.69) is 10.3 Å². The van der Waals surface area contributed by atoms with Crippen molar-refractivity contribution in [1.82, 2.24) is 14.6 Å². The highest BCUT2D eigenvalue weighted by molar-refractivity contribution is 8.22. The Balaban J connectivity index is 1.85. The average Bonchev–Trinajstić information content (AvgIpc) is 3.15. The Hall–Kier alpha value is -2.39. The molecular formula is C22H26FN3O3S. The predicted octanol–water partition coefficient (Wildman–Crippen LogP) is 5.29. The largest absolute Gasteiger partial charge is 0.360 e. The first-order valence-electron chi connectivity index (χ1n) is 9.73. The fourth-order valence-corrected chi connectivity index (χ4v) is 6.54. The number of fused-ring (bicyclic) bond motifs is 2. The zero-order valence-electron chi connectivity index (χ0n) is 17.4. The topological polar surface area (TPSA) is 88.6 Å². The SMILES string of the molecule is CC(=O)NCC1c2cc(-c3c[nH]c4cc(F)ccc34)ccc2S(O)(O)N1C(C)(C)C. The Kier molecular flexibility index (Phi) is 4.93. The molecule has 1 aliphatic rings. The number of aromatic amines is 1. The number of nitrogens with one attached hydrogen (secondary N) is 2. The van der Waals surface area contributed by atoms with Gasteiger partial charge in [0.05, 0.1) is 10.9 Å². The summed E-state index contributed by atoms with van der Waals surface area (Å²) in [7, 11) is -3.21. The molecule has 3 aromatic rings. The Morgan fingerprint density at radius 3 is 2.63 bits per heavy atom. The first-order valence-corrected chi connectivity index (χ1v) is 11.2. The van der Waals surface area contributed by atoms with Crippen molar-refractivity contribution in [2.24, 2.45) is 0 Å². The highest BCUT2D eigenvalue weighted by Crippen LogP contribution is 2.66. The zero-order chi connectivity index (χ0) is 21.8. The van der Waals surface area contributed by atoms with Crippen LogP contribution in [0.2, 0.25) is 0 Å². The molecule has 1 atom stereocenters. The van der Waals surface area contributed by atoms with Crippen molar-refractivity contribution in [2.75, 3.05) is 6.54 Å². The fraction of sp³-hybridized carbons (Fsp3) is 0.318. The van der Waals surface area contributed by atoms with E-state index in [1.54, 1.807) is 16.4 Å². The van der Waals surface area contributed by atoms with Crippen LogP contribution in [0.25, 0.3) is 22.0 Å². The van der Waals surface area contributed by atoms with E-state index in [0.29, 0.717) is 10.4 Å². The van der Waals surface area contributed by atoms with Gasteiger partial charge in [-0.1, -0.05) is 6.07 Å². The lowest BCUT2D eigenvalue weighted by Crippen LogP contribution is -2.45. The number of amides is 1. The van der Waals surface area contributed by atoms with Crippen LogP contribution in [0.5, 0.6) is 0 Å². The van der Waals surface area contributed by atoms with E-state index in [4.69, 9.17) is 0 Å². The molecule has 0 radical (unpaired) electrons. The lowest BCUT2D eigenvalue weighted by atomic mass is 9.97. The summed E-state index contributed by atoms with van der Waals surface area (Å²) in [5, 5.41) is 3.70. The van der Waals surface area contributed by atoms with Gasteiger partial charge in [0.1, 0.15) is 5.82 Å². The fourth-order valence-electron chi connectivity index (χ4n) is 4.26. The molecule has 1 unspecified atom stereocenters. The second-order valence-corrected chi connectivity index (χ2v) is 10.5. The monoisotopic (exact) mass is 431 g/mol. The first-order chi connectivity index (χ1) is 14.0. The van der Waals surface area contributed by atoms with Gasteiger partial charge in [0.2, 0.25) is 5.91 Å². The van der Waals surface area contributed by atoms with Crippen LogP contribution in [0, 0.1) is 5.82 Å². The van der Waals surface area contributed by atoms with Crippen molar-refractivity contribution >= 4 is 27.6 Å². The second kappa shape index (κ2) is 7.09. The van der Waals surface area contributed by atoms with Gasteiger partial charge in [-0.3, -0.25) is 13.9 Å². The van der Waals surface area contributed by atoms with Gasteiger partial charge in [0.15, 0.2) is 0 Å². The van der Waals surface area contributed by atoms with E-state index in [1.807, 2.05) is 39.1 Å². The molecule has 1 aliphatic heterocycles. The van der Waals surface area contributed by atoms with Gasteiger partial charge in [-0.05, 0) is 62.2 Å². The third-order valence-electron chi connectivity index (χ3n) is 5.38. The van der Waals surface area contributed by atoms with Crippen molar-refractivity contribution in [2.45, 2.75) is 44.2 Å². The zero-order valence-corrected chi connectivity index (χ0v) is 18.2. The molecule has 2 heterocycles. The number of aromatic nitrogens is 1. The van der Waals surface area contributed by atoms with Gasteiger partial charge in [-0.25, -0.2) is 4.39 Å². The maximum Gasteiger partial charge on any atom is 0.216 e. The summed E-state index contributed by atoms with van der Waals surface area (Å²) in [5.74, 6) is -0.487. The highest BCUT2D eigenvalue weighted by Gasteiger charge is 2.48. The molecule has 0 fully saturated rings. The predicted molar refractivity (Wildman–Crippen MR) is 118 cm³/mol. The van der Waals surface area contributed by atoms with Crippen molar-refractivity contribution in [3.8, 4) is 11.1 Å². The van der Waals surface area contributed by atoms with Gasteiger partial charge < -0.3 is 10.3 Å². The number of carbonyl (C=O) groups is 1. The summed E-state index contributed by atoms with van der Waals surface area (Å²) < 4.78 is 37.5. The van der Waals surface area contributed by atoms with E-state index < -0.39 is 22.4 Å². The Morgan fingerprint density at radius 1 is 1.23 bits per heavy atom. The van der Waals surface area contributed by atoms with Crippen molar-refractivity contribution in [3.05, 3.63) is 54.0 Å². The molecule has 1 aromatic heterocycles. The van der Waals surface area contributed by atoms with Crippen LogP contribution in [0.1, 0.15) is 39.3 Å². The van der Waals surface area contributed by atoms with Crippen LogP contribution in [-0.2, 0) is 4.79 Å². The molecule has 6 nitrogen and oxygen atoms in total. The van der Waals surface area contributed by atoms with Crippen LogP contribution in [0.3, 0.4) is 0 Å². The molecule has 0 saturated heterocycles. The molecule has 0 spiro atoms. The second-order valence-electron chi connectivity index (χ2n) is 8.61. The van der Waals surface area contributed by atoms with E-state index >= 15 is 0 Å². The molecule has 8 heteroatoms. The molecule has 160 valence electrons. The number of benzene rings is 2. The molecule has 30 heavy (non-hydrogen) atoms. The third kappa shape index (κ3) is 3.39. The van der Waals surface area contributed by atoms with Gasteiger partial charge >= 0.3 is 0 Å². The number of hydrogen-bond acceptors (Lipinski definition) is 4. The minimum absolute atomic E-state index is 0.177. The minimum atomic E-state index is -3.21. The molecule has 4 N–H and O–H groups in total. The molecule has 2 aromatic carbocycles. The van der Waals surface area contributed by atoms with E-state index in [1.165, 1.54) is 19.1 Å². The molecule has 1 amide bonds. The van der Waals surface area contributed by atoms with E-state index in [9.17, 15) is 18.3 Å². The smallest absolute Gasteiger partial charge is 0.216 e. The number of halogens is 1. The summed E-state index contributed by atoms with van der Waals surface area (Å²) >= 11 is 0. The number of nitrogens with zero attached hydrogens (tertiary/aromatic N) is 1. The number of H-pyrrole nitrogens is 1. The van der Waals surface area contributed by atoms with Gasteiger partial charge in [-0.2, -0.15) is 4.31 Å². The molecular weight excluding hydrogens is 405 g/mol. The van der Waals surface area contributed by atoms with Gasteiger partial charge in [0, 0.05) is 41.7 Å². The Labute approximate surface area is 176 Å². The van der Waals surface area contributed by atoms with Gasteiger partial charge in [0.25, 0.3) is 0 Å². The van der Waals surface area contributed by atoms with Crippen LogP contribution >= 0.6 is 10.8 Å². The van der Waals surface area contributed by atoms with E-state index in [0.717, 1.165) is 22.1 Å². The van der Waals surface area contributed by atoms with Crippen molar-refractivity contribution < 1.29 is 18.3 Å². The van der Waals surface area contributed by atoms with Gasteiger partial charge in [-0.15, -0.1) is 10.8 Å². The maximum atomic E-state index is 13.6. The average molecular weight is 432 g/mol. The molecule has 4 rings (SSSR count). The van der Waals surface area contributed by atoms with Crippen LogP contribution in [0.4, 0.5) is 4.39 Å². The number of rotatable bonds is 3. The Bertz CT molecular complexity index is 1140. The van der Waals surface area contributed by atoms with Crippen molar-refractivity contribution in [1.29, 1.82) is 0 Å². The van der Waals surface area contributed by atoms with Crippen LogP contribution < -0.4 is 5.32 Å². The summed E-state index contributed by atoms with van der Waals surface area (Å²) in [5.41, 5.74) is 2.70. The third-order valence-corrected chi connectivity index (χ3v) is 7.69. The summed E-state index contributed by atoms with van der Waals surface area (Å²) in [6, 6.07) is 9.74. The molecule has 0 saturated carbocycles. The lowest BCUT2D eigenvalue weighted by Gasteiger charge is -2.47. The number of hydrogen-bond donors (Lipinski definition) is 4. The van der Waals surface area contributed by atoms with Crippen LogP contribution in [-0.4, -0.2) is 36.4 Å². The number of carbonyl (C=O) groups excluding carboxylic acids is 1. The maximum absolute atomic E-state index is 13.6.